The quantitative estimate of drug-likeness (QED) is 0.656. The highest BCUT2D eigenvalue weighted by Crippen LogP contribution is 2.16. The number of likely N-dealkylation sites (tertiary alicyclic amines) is 1. The van der Waals surface area contributed by atoms with Gasteiger partial charge in [0.1, 0.15) is 0 Å². The third kappa shape index (κ3) is 4.95. The molecule has 3 aromatic rings. The van der Waals surface area contributed by atoms with Crippen molar-refractivity contribution in [2.75, 3.05) is 18.4 Å². The number of hydrogen-bond acceptors (Lipinski definition) is 3. The number of carbonyl (C=O) groups is 2. The highest BCUT2D eigenvalue weighted by Gasteiger charge is 2.27. The van der Waals surface area contributed by atoms with Gasteiger partial charge in [0.2, 0.25) is 0 Å². The van der Waals surface area contributed by atoms with Gasteiger partial charge in [-0.3, -0.25) is 14.2 Å². The maximum absolute atomic E-state index is 12.6. The van der Waals surface area contributed by atoms with Gasteiger partial charge in [-0.15, -0.1) is 0 Å². The Morgan fingerprint density at radius 2 is 1.71 bits per heavy atom. The average molecular weight is 437 g/mol. The summed E-state index contributed by atoms with van der Waals surface area (Å²) in [6.07, 6.45) is 2.36. The van der Waals surface area contributed by atoms with Crippen molar-refractivity contribution < 1.29 is 9.59 Å². The summed E-state index contributed by atoms with van der Waals surface area (Å²) >= 11 is 5.86. The van der Waals surface area contributed by atoms with Gasteiger partial charge in [0.15, 0.2) is 0 Å². The van der Waals surface area contributed by atoms with Gasteiger partial charge in [-0.1, -0.05) is 17.7 Å². The number of aromatic nitrogens is 1. The second kappa shape index (κ2) is 9.06. The number of nitrogens with one attached hydrogen (secondary N) is 2. The minimum absolute atomic E-state index is 0.125. The Bertz CT molecular complexity index is 1140. The molecule has 0 radical (unpaired) electrons. The van der Waals surface area contributed by atoms with Crippen molar-refractivity contribution in [1.29, 1.82) is 0 Å². The molecule has 7 nitrogen and oxygen atoms in total. The minimum atomic E-state index is -0.211. The summed E-state index contributed by atoms with van der Waals surface area (Å²) in [7, 11) is 0. The van der Waals surface area contributed by atoms with E-state index in [9.17, 15) is 14.4 Å². The summed E-state index contributed by atoms with van der Waals surface area (Å²) in [6.45, 7) is 0.989. The third-order valence-electron chi connectivity index (χ3n) is 5.14. The van der Waals surface area contributed by atoms with Crippen molar-refractivity contribution in [2.24, 2.45) is 0 Å². The monoisotopic (exact) mass is 436 g/mol. The Morgan fingerprint density at radius 1 is 0.968 bits per heavy atom. The van der Waals surface area contributed by atoms with Crippen molar-refractivity contribution >= 4 is 29.2 Å². The number of urea groups is 1. The average Bonchev–Trinajstić information content (AvgIpc) is 3.24. The summed E-state index contributed by atoms with van der Waals surface area (Å²) in [4.78, 5) is 38.6. The van der Waals surface area contributed by atoms with E-state index in [-0.39, 0.29) is 23.5 Å². The topological polar surface area (TPSA) is 83.4 Å². The first kappa shape index (κ1) is 20.7. The van der Waals surface area contributed by atoms with Crippen molar-refractivity contribution in [3.05, 3.63) is 93.9 Å². The van der Waals surface area contributed by atoms with Gasteiger partial charge in [-0.25, -0.2) is 4.79 Å². The lowest BCUT2D eigenvalue weighted by Crippen LogP contribution is -2.39. The van der Waals surface area contributed by atoms with E-state index >= 15 is 0 Å². The van der Waals surface area contributed by atoms with Crippen LogP contribution in [-0.4, -0.2) is 40.5 Å². The summed E-state index contributed by atoms with van der Waals surface area (Å²) in [5, 5.41) is 6.41. The molecule has 2 N–H and O–H groups in total. The van der Waals surface area contributed by atoms with Gasteiger partial charge in [0.05, 0.1) is 0 Å². The fourth-order valence-corrected chi connectivity index (χ4v) is 3.61. The van der Waals surface area contributed by atoms with Crippen LogP contribution >= 0.6 is 11.6 Å². The molecule has 2 heterocycles. The van der Waals surface area contributed by atoms with Crippen molar-refractivity contribution in [1.82, 2.24) is 14.8 Å². The first-order valence-corrected chi connectivity index (χ1v) is 10.3. The van der Waals surface area contributed by atoms with Crippen molar-refractivity contribution in [2.45, 2.75) is 12.5 Å². The standard InChI is InChI=1S/C23H21ClN4O3/c24-17-6-8-18(9-7-17)26-23(31)27-14-12-19(15-27)25-22(30)16-4-10-20(11-5-16)28-13-2-1-3-21(28)29/h1-11,13,19H,12,14-15H2,(H,25,30)(H,26,31). The number of benzene rings is 2. The molecule has 158 valence electrons. The molecule has 2 aromatic carbocycles. The van der Waals surface area contributed by atoms with Crippen molar-refractivity contribution in [3.63, 3.8) is 0 Å². The van der Waals surface area contributed by atoms with E-state index in [2.05, 4.69) is 10.6 Å². The summed E-state index contributed by atoms with van der Waals surface area (Å²) in [5.74, 6) is -0.211. The minimum Gasteiger partial charge on any atom is -0.347 e. The Hall–Kier alpha value is -3.58. The first-order valence-electron chi connectivity index (χ1n) is 9.90. The molecule has 1 atom stereocenters. The number of anilines is 1. The predicted molar refractivity (Wildman–Crippen MR) is 120 cm³/mol. The number of halogens is 1. The van der Waals surface area contributed by atoms with E-state index in [1.165, 1.54) is 10.6 Å². The SMILES string of the molecule is O=C(NC1CCN(C(=O)Nc2ccc(Cl)cc2)C1)c1ccc(-n2ccccc2=O)cc1. The van der Waals surface area contributed by atoms with E-state index in [0.29, 0.717) is 41.5 Å². The number of nitrogens with zero attached hydrogens (tertiary/aromatic N) is 2. The van der Waals surface area contributed by atoms with Crippen LogP contribution in [0.1, 0.15) is 16.8 Å². The van der Waals surface area contributed by atoms with Gasteiger partial charge in [-0.2, -0.15) is 0 Å². The normalized spacial score (nSPS) is 15.5. The lowest BCUT2D eigenvalue weighted by Gasteiger charge is -2.18. The van der Waals surface area contributed by atoms with Crippen LogP contribution in [0.4, 0.5) is 10.5 Å². The molecule has 0 saturated carbocycles. The molecular weight excluding hydrogens is 416 g/mol. The van der Waals surface area contributed by atoms with E-state index in [0.717, 1.165) is 0 Å². The van der Waals surface area contributed by atoms with Crippen LogP contribution < -0.4 is 16.2 Å². The second-order valence-corrected chi connectivity index (χ2v) is 7.73. The van der Waals surface area contributed by atoms with Crippen LogP contribution in [0.2, 0.25) is 5.02 Å². The molecular formula is C23H21ClN4O3. The van der Waals surface area contributed by atoms with Crippen LogP contribution in [0.5, 0.6) is 0 Å². The highest BCUT2D eigenvalue weighted by molar-refractivity contribution is 6.30. The zero-order chi connectivity index (χ0) is 21.8. The number of rotatable bonds is 4. The molecule has 1 saturated heterocycles. The van der Waals surface area contributed by atoms with Gasteiger partial charge in [0.25, 0.3) is 11.5 Å². The summed E-state index contributed by atoms with van der Waals surface area (Å²) in [5.41, 5.74) is 1.71. The second-order valence-electron chi connectivity index (χ2n) is 7.30. The molecule has 0 spiro atoms. The lowest BCUT2D eigenvalue weighted by molar-refractivity contribution is 0.0938. The van der Waals surface area contributed by atoms with Crippen LogP contribution in [-0.2, 0) is 0 Å². The Labute approximate surface area is 184 Å². The Morgan fingerprint density at radius 3 is 2.42 bits per heavy atom. The molecule has 3 amide bonds. The number of hydrogen-bond donors (Lipinski definition) is 2. The van der Waals surface area contributed by atoms with Gasteiger partial charge in [-0.05, 0) is 61.0 Å². The molecule has 0 aliphatic carbocycles. The molecule has 1 fully saturated rings. The van der Waals surface area contributed by atoms with Crippen LogP contribution in [0.25, 0.3) is 5.69 Å². The summed E-state index contributed by atoms with van der Waals surface area (Å²) < 4.78 is 1.51. The maximum Gasteiger partial charge on any atom is 0.321 e. The van der Waals surface area contributed by atoms with Gasteiger partial charge in [0, 0.05) is 53.4 Å². The highest BCUT2D eigenvalue weighted by atomic mass is 35.5. The van der Waals surface area contributed by atoms with E-state index in [1.54, 1.807) is 71.8 Å². The van der Waals surface area contributed by atoms with Crippen molar-refractivity contribution in [3.8, 4) is 5.69 Å². The van der Waals surface area contributed by atoms with Crippen LogP contribution in [0.15, 0.2) is 77.7 Å². The van der Waals surface area contributed by atoms with Crippen LogP contribution in [0.3, 0.4) is 0 Å². The lowest BCUT2D eigenvalue weighted by atomic mass is 10.1. The van der Waals surface area contributed by atoms with Crippen LogP contribution in [0, 0.1) is 0 Å². The van der Waals surface area contributed by atoms with E-state index in [4.69, 9.17) is 11.6 Å². The van der Waals surface area contributed by atoms with E-state index < -0.39 is 0 Å². The predicted octanol–water partition coefficient (Wildman–Crippen LogP) is 3.53. The largest absolute Gasteiger partial charge is 0.347 e. The molecule has 4 rings (SSSR count). The van der Waals surface area contributed by atoms with Gasteiger partial charge >= 0.3 is 6.03 Å². The molecule has 1 aromatic heterocycles. The molecule has 1 unspecified atom stereocenters. The Kier molecular flexibility index (Phi) is 6.04. The fourth-order valence-electron chi connectivity index (χ4n) is 3.48. The zero-order valence-corrected chi connectivity index (χ0v) is 17.4. The number of amides is 3. The first-order chi connectivity index (χ1) is 15.0. The maximum atomic E-state index is 12.6. The molecule has 8 heteroatoms. The Balaban J connectivity index is 1.33. The molecule has 1 aliphatic rings. The third-order valence-corrected chi connectivity index (χ3v) is 5.39. The fraction of sp³-hybridized carbons (Fsp3) is 0.174. The van der Waals surface area contributed by atoms with E-state index in [1.807, 2.05) is 0 Å². The summed E-state index contributed by atoms with van der Waals surface area (Å²) in [6, 6.07) is 18.3. The smallest absolute Gasteiger partial charge is 0.321 e. The zero-order valence-electron chi connectivity index (χ0n) is 16.6. The molecule has 31 heavy (non-hydrogen) atoms. The number of pyridine rings is 1. The molecule has 0 bridgehead atoms. The van der Waals surface area contributed by atoms with Gasteiger partial charge < -0.3 is 15.5 Å². The number of carbonyl (C=O) groups excluding carboxylic acids is 2. The molecule has 1 aliphatic heterocycles.